The van der Waals surface area contributed by atoms with Crippen LogP contribution in [0.4, 0.5) is 4.39 Å². The molecule has 0 aliphatic heterocycles. The van der Waals surface area contributed by atoms with Crippen LogP contribution in [0.3, 0.4) is 0 Å². The number of hydrogen-bond acceptors (Lipinski definition) is 2. The lowest BCUT2D eigenvalue weighted by atomic mass is 10.1. The maximum atomic E-state index is 13.6. The molecule has 0 aliphatic carbocycles. The van der Waals surface area contributed by atoms with E-state index in [-0.39, 0.29) is 18.2 Å². The smallest absolute Gasteiger partial charge is 0.166 e. The average molecular weight is 337 g/mol. The van der Waals surface area contributed by atoms with Crippen LogP contribution in [0.2, 0.25) is 0 Å². The highest BCUT2D eigenvalue weighted by Crippen LogP contribution is 2.22. The molecule has 0 aliphatic rings. The molecule has 0 bridgehead atoms. The Morgan fingerprint density at radius 1 is 1.25 bits per heavy atom. The Balaban J connectivity index is 2.19. The molecule has 2 aromatic carbocycles. The number of hydrogen-bond donors (Lipinski definition) is 0. The minimum Gasteiger partial charge on any atom is -0.488 e. The number of benzene rings is 2. The third-order valence-corrected chi connectivity index (χ3v) is 3.39. The first kappa shape index (κ1) is 14.7. The van der Waals surface area contributed by atoms with Gasteiger partial charge in [0.1, 0.15) is 18.2 Å². The standard InChI is InChI=1S/C16H14BrFO2/c1-2-15(19)13-5-3-4-6-16(13)20-10-11-9-12(17)7-8-14(11)18/h3-9H,2,10H2,1H3. The van der Waals surface area contributed by atoms with Crippen LogP contribution >= 0.6 is 15.9 Å². The van der Waals surface area contributed by atoms with E-state index in [0.29, 0.717) is 23.3 Å². The summed E-state index contributed by atoms with van der Waals surface area (Å²) in [6.07, 6.45) is 0.408. The van der Waals surface area contributed by atoms with E-state index in [0.717, 1.165) is 4.47 Å². The van der Waals surface area contributed by atoms with Crippen molar-refractivity contribution in [1.29, 1.82) is 0 Å². The molecule has 2 rings (SSSR count). The molecule has 104 valence electrons. The number of Topliss-reactive ketones (excluding diaryl/α,β-unsaturated/α-hetero) is 1. The van der Waals surface area contributed by atoms with Gasteiger partial charge in [0.25, 0.3) is 0 Å². The molecule has 4 heteroatoms. The molecule has 0 saturated carbocycles. The zero-order valence-electron chi connectivity index (χ0n) is 11.0. The van der Waals surface area contributed by atoms with Crippen molar-refractivity contribution in [2.24, 2.45) is 0 Å². The maximum Gasteiger partial charge on any atom is 0.166 e. The van der Waals surface area contributed by atoms with Crippen molar-refractivity contribution in [1.82, 2.24) is 0 Å². The van der Waals surface area contributed by atoms with Crippen molar-refractivity contribution in [3.05, 3.63) is 63.9 Å². The number of rotatable bonds is 5. The van der Waals surface area contributed by atoms with E-state index >= 15 is 0 Å². The van der Waals surface area contributed by atoms with Crippen molar-refractivity contribution >= 4 is 21.7 Å². The minimum atomic E-state index is -0.326. The van der Waals surface area contributed by atoms with Crippen LogP contribution in [0.15, 0.2) is 46.9 Å². The van der Waals surface area contributed by atoms with Gasteiger partial charge in [0, 0.05) is 16.5 Å². The van der Waals surface area contributed by atoms with Gasteiger partial charge in [-0.2, -0.15) is 0 Å². The Bertz CT molecular complexity index is 626. The Morgan fingerprint density at radius 3 is 2.75 bits per heavy atom. The van der Waals surface area contributed by atoms with E-state index in [2.05, 4.69) is 15.9 Å². The van der Waals surface area contributed by atoms with Gasteiger partial charge in [-0.25, -0.2) is 4.39 Å². The summed E-state index contributed by atoms with van der Waals surface area (Å²) in [7, 11) is 0. The summed E-state index contributed by atoms with van der Waals surface area (Å²) in [4.78, 5) is 11.8. The molecular formula is C16H14BrFO2. The first-order valence-electron chi connectivity index (χ1n) is 6.30. The van der Waals surface area contributed by atoms with Crippen LogP contribution in [0.25, 0.3) is 0 Å². The Kier molecular flexibility index (Phi) is 4.90. The third kappa shape index (κ3) is 3.45. The van der Waals surface area contributed by atoms with Crippen LogP contribution < -0.4 is 4.74 Å². The lowest BCUT2D eigenvalue weighted by molar-refractivity contribution is 0.0983. The molecule has 20 heavy (non-hydrogen) atoms. The summed E-state index contributed by atoms with van der Waals surface area (Å²) >= 11 is 3.30. The monoisotopic (exact) mass is 336 g/mol. The van der Waals surface area contributed by atoms with Crippen molar-refractivity contribution in [3.8, 4) is 5.75 Å². The maximum absolute atomic E-state index is 13.6. The molecule has 0 fully saturated rings. The van der Waals surface area contributed by atoms with Crippen LogP contribution in [-0.4, -0.2) is 5.78 Å². The average Bonchev–Trinajstić information content (AvgIpc) is 2.47. The molecule has 0 aromatic heterocycles. The number of halogens is 2. The number of ether oxygens (including phenoxy) is 1. The zero-order chi connectivity index (χ0) is 14.5. The fourth-order valence-corrected chi connectivity index (χ4v) is 2.23. The molecule has 0 saturated heterocycles. The SMILES string of the molecule is CCC(=O)c1ccccc1OCc1cc(Br)ccc1F. The number of carbonyl (C=O) groups is 1. The van der Waals surface area contributed by atoms with Crippen LogP contribution in [0.1, 0.15) is 29.3 Å². The van der Waals surface area contributed by atoms with Crippen molar-refractivity contribution < 1.29 is 13.9 Å². The van der Waals surface area contributed by atoms with Gasteiger partial charge in [-0.3, -0.25) is 4.79 Å². The molecule has 0 radical (unpaired) electrons. The van der Waals surface area contributed by atoms with E-state index in [1.807, 2.05) is 0 Å². The van der Waals surface area contributed by atoms with Gasteiger partial charge >= 0.3 is 0 Å². The molecule has 2 nitrogen and oxygen atoms in total. The second kappa shape index (κ2) is 6.66. The van der Waals surface area contributed by atoms with E-state index < -0.39 is 0 Å². The van der Waals surface area contributed by atoms with E-state index in [4.69, 9.17) is 4.74 Å². The van der Waals surface area contributed by atoms with Gasteiger partial charge in [0.05, 0.1) is 5.56 Å². The predicted molar refractivity (Wildman–Crippen MR) is 79.5 cm³/mol. The number of ketones is 1. The van der Waals surface area contributed by atoms with Crippen LogP contribution in [0.5, 0.6) is 5.75 Å². The lowest BCUT2D eigenvalue weighted by Gasteiger charge is -2.11. The van der Waals surface area contributed by atoms with Gasteiger partial charge < -0.3 is 4.74 Å². The van der Waals surface area contributed by atoms with Gasteiger partial charge in [-0.1, -0.05) is 35.0 Å². The number of carbonyl (C=O) groups excluding carboxylic acids is 1. The highest BCUT2D eigenvalue weighted by atomic mass is 79.9. The molecule has 0 heterocycles. The van der Waals surface area contributed by atoms with Gasteiger partial charge in [-0.15, -0.1) is 0 Å². The number of para-hydroxylation sites is 1. The quantitative estimate of drug-likeness (QED) is 0.736. The Hall–Kier alpha value is -1.68. The highest BCUT2D eigenvalue weighted by molar-refractivity contribution is 9.10. The molecule has 0 N–H and O–H groups in total. The Morgan fingerprint density at radius 2 is 2.00 bits per heavy atom. The zero-order valence-corrected chi connectivity index (χ0v) is 12.6. The summed E-state index contributed by atoms with van der Waals surface area (Å²) < 4.78 is 20.0. The van der Waals surface area contributed by atoms with Crippen LogP contribution in [0, 0.1) is 5.82 Å². The predicted octanol–water partition coefficient (Wildman–Crippen LogP) is 4.76. The Labute approximate surface area is 125 Å². The summed E-state index contributed by atoms with van der Waals surface area (Å²) in [5, 5.41) is 0. The molecule has 0 amide bonds. The molecule has 0 unspecified atom stereocenters. The van der Waals surface area contributed by atoms with Crippen LogP contribution in [-0.2, 0) is 6.61 Å². The largest absolute Gasteiger partial charge is 0.488 e. The van der Waals surface area contributed by atoms with Crippen molar-refractivity contribution in [2.75, 3.05) is 0 Å². The first-order chi connectivity index (χ1) is 9.61. The second-order valence-corrected chi connectivity index (χ2v) is 5.21. The lowest BCUT2D eigenvalue weighted by Crippen LogP contribution is -2.04. The topological polar surface area (TPSA) is 26.3 Å². The van der Waals surface area contributed by atoms with E-state index in [1.165, 1.54) is 6.07 Å². The molecule has 2 aromatic rings. The summed E-state index contributed by atoms with van der Waals surface area (Å²) in [6, 6.07) is 11.7. The van der Waals surface area contributed by atoms with E-state index in [9.17, 15) is 9.18 Å². The van der Waals surface area contributed by atoms with Gasteiger partial charge in [0.2, 0.25) is 0 Å². The van der Waals surface area contributed by atoms with Gasteiger partial charge in [0.15, 0.2) is 5.78 Å². The fraction of sp³-hybridized carbons (Fsp3) is 0.188. The van der Waals surface area contributed by atoms with Crippen molar-refractivity contribution in [2.45, 2.75) is 20.0 Å². The normalized spacial score (nSPS) is 10.3. The molecule has 0 atom stereocenters. The summed E-state index contributed by atoms with van der Waals surface area (Å²) in [5.41, 5.74) is 0.975. The van der Waals surface area contributed by atoms with Gasteiger partial charge in [-0.05, 0) is 30.3 Å². The third-order valence-electron chi connectivity index (χ3n) is 2.90. The summed E-state index contributed by atoms with van der Waals surface area (Å²) in [5.74, 6) is 0.168. The first-order valence-corrected chi connectivity index (χ1v) is 7.10. The second-order valence-electron chi connectivity index (χ2n) is 4.30. The fourth-order valence-electron chi connectivity index (χ4n) is 1.82. The molecular weight excluding hydrogens is 323 g/mol. The van der Waals surface area contributed by atoms with E-state index in [1.54, 1.807) is 43.3 Å². The molecule has 0 spiro atoms. The van der Waals surface area contributed by atoms with Crippen molar-refractivity contribution in [3.63, 3.8) is 0 Å². The highest BCUT2D eigenvalue weighted by Gasteiger charge is 2.11. The summed E-state index contributed by atoms with van der Waals surface area (Å²) in [6.45, 7) is 1.88. The minimum absolute atomic E-state index is 0.00955.